The summed E-state index contributed by atoms with van der Waals surface area (Å²) in [7, 11) is 0.404. The molecule has 0 aromatic rings. The van der Waals surface area contributed by atoms with Crippen molar-refractivity contribution in [2.75, 3.05) is 0 Å². The van der Waals surface area contributed by atoms with Crippen LogP contribution >= 0.6 is 0 Å². The molecule has 0 N–H and O–H groups in total. The van der Waals surface area contributed by atoms with Crippen molar-refractivity contribution in [1.29, 1.82) is 0 Å². The van der Waals surface area contributed by atoms with Crippen molar-refractivity contribution in [2.24, 2.45) is 0 Å². The lowest BCUT2D eigenvalue weighted by Crippen LogP contribution is -1.65. The molecule has 0 aromatic carbocycles. The first-order valence-corrected chi connectivity index (χ1v) is 1.62. The predicted octanol–water partition coefficient (Wildman–Crippen LogP) is -2.20. The Morgan fingerprint density at radius 3 is 2.00 bits per heavy atom. The highest BCUT2D eigenvalue weighted by Crippen LogP contribution is 1.68. The smallest absolute Gasteiger partial charge is 0.328 e. The molecule has 1 nitrogen and oxygen atoms in total. The Morgan fingerprint density at radius 2 is 2.00 bits per heavy atom. The minimum absolute atomic E-state index is 0. The summed E-state index contributed by atoms with van der Waals surface area (Å²) in [5.74, 6) is 0. The molecule has 4 heteroatoms. The van der Waals surface area contributed by atoms with Gasteiger partial charge in [-0.1, -0.05) is 0 Å². The molecule has 0 spiro atoms. The quantitative estimate of drug-likeness (QED) is 0.348. The fraction of sp³-hybridized carbons (Fsp3) is 0. The Labute approximate surface area is 38.1 Å². The molecule has 2 radical (unpaired) electrons. The maximum Gasteiger partial charge on any atom is 0.328 e. The largest absolute Gasteiger partial charge is 0.389 e. The van der Waals surface area contributed by atoms with Gasteiger partial charge < -0.3 is 4.43 Å². The van der Waals surface area contributed by atoms with Crippen LogP contribution in [0, 0.1) is 6.86 Å². The Hall–Kier alpha value is 0.324. The van der Waals surface area contributed by atoms with Crippen LogP contribution in [0.4, 0.5) is 4.39 Å². The van der Waals surface area contributed by atoms with Gasteiger partial charge in [0.05, 0.1) is 0 Å². The van der Waals surface area contributed by atoms with Crippen LogP contribution in [0.1, 0.15) is 0 Å². The Morgan fingerprint density at radius 1 is 1.80 bits per heavy atom. The lowest BCUT2D eigenvalue weighted by Gasteiger charge is -1.68. The van der Waals surface area contributed by atoms with Gasteiger partial charge in [0.1, 0.15) is 0 Å². The molecule has 0 amide bonds. The van der Waals surface area contributed by atoms with E-state index < -0.39 is 0 Å². The van der Waals surface area contributed by atoms with Crippen LogP contribution in [0.25, 0.3) is 0 Å². The Balaban J connectivity index is 0. The zero-order valence-electron chi connectivity index (χ0n) is 2.29. The third kappa shape index (κ3) is 13.3. The van der Waals surface area contributed by atoms with E-state index in [9.17, 15) is 4.39 Å². The van der Waals surface area contributed by atoms with Gasteiger partial charge in [0.25, 0.3) is 0 Å². The number of hydrogen-bond donors (Lipinski definition) is 0. The molecule has 0 saturated heterocycles. The molecule has 0 unspecified atom stereocenters. The summed E-state index contributed by atoms with van der Waals surface area (Å²) >= 11 is 0. The van der Waals surface area contributed by atoms with Crippen LogP contribution in [0.2, 0.25) is 0 Å². The maximum absolute atomic E-state index is 10.3. The van der Waals surface area contributed by atoms with E-state index in [0.717, 1.165) is 6.86 Å². The van der Waals surface area contributed by atoms with E-state index in [-0.39, 0.29) is 11.0 Å². The van der Waals surface area contributed by atoms with Crippen LogP contribution in [-0.4, -0.2) is 21.5 Å². The fourth-order valence-electron chi connectivity index (χ4n) is 0. The van der Waals surface area contributed by atoms with Gasteiger partial charge in [0.15, 0.2) is 10.5 Å². The third-order valence-corrected chi connectivity index (χ3v) is 0.231. The van der Waals surface area contributed by atoms with E-state index in [1.54, 1.807) is 0 Å². The minimum Gasteiger partial charge on any atom is -0.389 e. The summed E-state index contributed by atoms with van der Waals surface area (Å²) in [5, 5.41) is 0. The first-order chi connectivity index (χ1) is 1.91. The molecule has 0 aliphatic rings. The number of hydrogen-bond acceptors (Lipinski definition) is 1. The summed E-state index contributed by atoms with van der Waals surface area (Å²) in [6.07, 6.45) is 0. The number of halogens is 1. The molecule has 0 atom stereocenters. The second kappa shape index (κ2) is 8.85. The SMILES string of the molecule is F[C]O[SiH3].[SiH4]. The Kier molecular flexibility index (Phi) is 15.9. The average molecular weight is 110 g/mol. The molecule has 0 aliphatic carbocycles. The van der Waals surface area contributed by atoms with Crippen molar-refractivity contribution in [2.45, 2.75) is 0 Å². The Bertz CT molecular complexity index is 11.6. The van der Waals surface area contributed by atoms with Crippen LogP contribution in [0.15, 0.2) is 0 Å². The van der Waals surface area contributed by atoms with Gasteiger partial charge in [-0.05, 0) is 11.0 Å². The molecule has 0 fully saturated rings. The third-order valence-electron chi connectivity index (χ3n) is 0.0772. The van der Waals surface area contributed by atoms with Crippen LogP contribution in [0.5, 0.6) is 0 Å². The van der Waals surface area contributed by atoms with Gasteiger partial charge in [0.2, 0.25) is 0 Å². The van der Waals surface area contributed by atoms with E-state index in [2.05, 4.69) is 4.43 Å². The van der Waals surface area contributed by atoms with Crippen LogP contribution in [-0.2, 0) is 4.43 Å². The van der Waals surface area contributed by atoms with Gasteiger partial charge in [0, 0.05) is 0 Å². The van der Waals surface area contributed by atoms with Crippen LogP contribution < -0.4 is 0 Å². The molecular weight excluding hydrogens is 103 g/mol. The van der Waals surface area contributed by atoms with Crippen molar-refractivity contribution < 1.29 is 8.82 Å². The topological polar surface area (TPSA) is 9.23 Å². The van der Waals surface area contributed by atoms with E-state index in [1.807, 2.05) is 0 Å². The lowest BCUT2D eigenvalue weighted by atomic mass is 11.6. The summed E-state index contributed by atoms with van der Waals surface area (Å²) in [4.78, 5) is 0. The van der Waals surface area contributed by atoms with E-state index in [1.165, 1.54) is 0 Å². The highest BCUT2D eigenvalue weighted by Gasteiger charge is 1.63. The molecule has 0 aliphatic heterocycles. The van der Waals surface area contributed by atoms with Gasteiger partial charge >= 0.3 is 6.86 Å². The van der Waals surface area contributed by atoms with Gasteiger partial charge in [-0.2, -0.15) is 4.39 Å². The molecule has 0 heterocycles. The normalized spacial score (nSPS) is 6.60. The van der Waals surface area contributed by atoms with Crippen molar-refractivity contribution >= 4 is 21.5 Å². The summed E-state index contributed by atoms with van der Waals surface area (Å²) in [5.41, 5.74) is 0. The second-order valence-corrected chi connectivity index (χ2v) is 0.690. The van der Waals surface area contributed by atoms with Crippen LogP contribution in [0.3, 0.4) is 0 Å². The molecule has 32 valence electrons. The molecule has 0 bridgehead atoms. The first kappa shape index (κ1) is 9.01. The van der Waals surface area contributed by atoms with Crippen molar-refractivity contribution in [3.05, 3.63) is 6.86 Å². The van der Waals surface area contributed by atoms with E-state index in [4.69, 9.17) is 0 Å². The molecule has 0 rings (SSSR count). The number of rotatable bonds is 1. The summed E-state index contributed by atoms with van der Waals surface area (Å²) in [6.45, 7) is 0.992. The lowest BCUT2D eigenvalue weighted by molar-refractivity contribution is 0.309. The summed E-state index contributed by atoms with van der Waals surface area (Å²) < 4.78 is 14.0. The van der Waals surface area contributed by atoms with Crippen molar-refractivity contribution in [3.8, 4) is 0 Å². The summed E-state index contributed by atoms with van der Waals surface area (Å²) in [6, 6.07) is 0. The highest BCUT2D eigenvalue weighted by atomic mass is 28.2. The highest BCUT2D eigenvalue weighted by molar-refractivity contribution is 5.98. The molecule has 0 aromatic heterocycles. The average Bonchev–Trinajstić information content (AvgIpc) is 1.37. The molecular formula is CH7FOSi2. The minimum atomic E-state index is 0. The van der Waals surface area contributed by atoms with Gasteiger partial charge in [-0.15, -0.1) is 0 Å². The standard InChI is InChI=1S/CH3FOSi.H4Si/c2-1-3-4;/h4H3;1H4. The first-order valence-electron chi connectivity index (χ1n) is 0.801. The fourth-order valence-corrected chi connectivity index (χ4v) is 0. The van der Waals surface area contributed by atoms with Crippen molar-refractivity contribution in [3.63, 3.8) is 0 Å². The van der Waals surface area contributed by atoms with E-state index >= 15 is 0 Å². The van der Waals surface area contributed by atoms with Gasteiger partial charge in [-0.25, -0.2) is 0 Å². The molecule has 5 heavy (non-hydrogen) atoms. The zero-order chi connectivity index (χ0) is 3.41. The van der Waals surface area contributed by atoms with Crippen molar-refractivity contribution in [1.82, 2.24) is 0 Å². The molecule has 0 saturated carbocycles. The second-order valence-electron chi connectivity index (χ2n) is 0.281. The predicted molar refractivity (Wildman–Crippen MR) is 26.7 cm³/mol. The van der Waals surface area contributed by atoms with E-state index in [0.29, 0.717) is 10.5 Å². The monoisotopic (exact) mass is 110 g/mol. The maximum atomic E-state index is 10.3. The zero-order valence-corrected chi connectivity index (χ0v) is 4.29. The van der Waals surface area contributed by atoms with Gasteiger partial charge in [-0.3, -0.25) is 0 Å².